The van der Waals surface area contributed by atoms with Crippen LogP contribution < -0.4 is 5.73 Å². The summed E-state index contributed by atoms with van der Waals surface area (Å²) in [7, 11) is 0. The van der Waals surface area contributed by atoms with Gasteiger partial charge in [0.05, 0.1) is 6.54 Å². The third-order valence-electron chi connectivity index (χ3n) is 4.98. The highest BCUT2D eigenvalue weighted by molar-refractivity contribution is 5.80. The van der Waals surface area contributed by atoms with Crippen molar-refractivity contribution >= 4 is 11.8 Å². The lowest BCUT2D eigenvalue weighted by Crippen LogP contribution is -2.46. The van der Waals surface area contributed by atoms with E-state index < -0.39 is 0 Å². The van der Waals surface area contributed by atoms with E-state index in [9.17, 15) is 14.0 Å². The van der Waals surface area contributed by atoms with Crippen molar-refractivity contribution in [1.82, 2.24) is 9.80 Å². The molecule has 1 aliphatic carbocycles. The van der Waals surface area contributed by atoms with Gasteiger partial charge in [0.25, 0.3) is 0 Å². The van der Waals surface area contributed by atoms with Gasteiger partial charge in [0.15, 0.2) is 0 Å². The Hall–Kier alpha value is -1.95. The summed E-state index contributed by atoms with van der Waals surface area (Å²) in [5, 5.41) is 0. The molecule has 0 spiro atoms. The van der Waals surface area contributed by atoms with Gasteiger partial charge in [-0.25, -0.2) is 4.39 Å². The SMILES string of the molecule is NC(=O)C1CCN(C(=O)CN(Cc2ccccc2F)C2CC2)CC1. The standard InChI is InChI=1S/C18H24FN3O2/c19-16-4-2-1-3-14(16)11-22(15-5-6-15)12-17(23)21-9-7-13(8-10-21)18(20)24/h1-4,13,15H,5-12H2,(H2,20,24). The number of benzene rings is 1. The van der Waals surface area contributed by atoms with Crippen LogP contribution in [-0.2, 0) is 16.1 Å². The van der Waals surface area contributed by atoms with Crippen LogP contribution in [0.15, 0.2) is 24.3 Å². The first-order chi connectivity index (χ1) is 11.5. The lowest BCUT2D eigenvalue weighted by atomic mass is 9.96. The van der Waals surface area contributed by atoms with Gasteiger partial charge >= 0.3 is 0 Å². The average Bonchev–Trinajstić information content (AvgIpc) is 3.41. The van der Waals surface area contributed by atoms with Gasteiger partial charge in [0, 0.05) is 37.2 Å². The van der Waals surface area contributed by atoms with Crippen molar-refractivity contribution in [2.45, 2.75) is 38.3 Å². The van der Waals surface area contributed by atoms with Crippen molar-refractivity contribution < 1.29 is 14.0 Å². The molecule has 130 valence electrons. The molecule has 2 amide bonds. The quantitative estimate of drug-likeness (QED) is 0.858. The molecule has 24 heavy (non-hydrogen) atoms. The van der Waals surface area contributed by atoms with Gasteiger partial charge in [0.2, 0.25) is 11.8 Å². The molecule has 0 atom stereocenters. The number of carbonyl (C=O) groups excluding carboxylic acids is 2. The zero-order valence-electron chi connectivity index (χ0n) is 13.8. The Morgan fingerprint density at radius 2 is 1.83 bits per heavy atom. The molecule has 2 N–H and O–H groups in total. The number of hydrogen-bond acceptors (Lipinski definition) is 3. The summed E-state index contributed by atoms with van der Waals surface area (Å²) < 4.78 is 13.9. The molecule has 3 rings (SSSR count). The Kier molecular flexibility index (Phi) is 5.14. The van der Waals surface area contributed by atoms with Crippen LogP contribution in [0.25, 0.3) is 0 Å². The van der Waals surface area contributed by atoms with Crippen molar-refractivity contribution in [2.24, 2.45) is 11.7 Å². The molecule has 0 aromatic heterocycles. The molecule has 1 saturated heterocycles. The number of primary amides is 1. The Balaban J connectivity index is 1.57. The minimum Gasteiger partial charge on any atom is -0.369 e. The fourth-order valence-electron chi connectivity index (χ4n) is 3.29. The summed E-state index contributed by atoms with van der Waals surface area (Å²) >= 11 is 0. The van der Waals surface area contributed by atoms with E-state index in [-0.39, 0.29) is 23.5 Å². The molecule has 0 radical (unpaired) electrons. The number of hydrogen-bond donors (Lipinski definition) is 1. The zero-order valence-corrected chi connectivity index (χ0v) is 13.8. The molecule has 1 saturated carbocycles. The second kappa shape index (κ2) is 7.30. The maximum Gasteiger partial charge on any atom is 0.236 e. The Morgan fingerprint density at radius 1 is 1.17 bits per heavy atom. The maximum atomic E-state index is 13.9. The summed E-state index contributed by atoms with van der Waals surface area (Å²) in [5.41, 5.74) is 5.96. The van der Waals surface area contributed by atoms with E-state index in [4.69, 9.17) is 5.73 Å². The van der Waals surface area contributed by atoms with Gasteiger partial charge in [-0.15, -0.1) is 0 Å². The molecule has 2 aliphatic rings. The van der Waals surface area contributed by atoms with E-state index in [0.29, 0.717) is 50.6 Å². The molecule has 2 fully saturated rings. The normalized spacial score (nSPS) is 18.8. The fourth-order valence-corrected chi connectivity index (χ4v) is 3.29. The molecular formula is C18H24FN3O2. The number of piperidine rings is 1. The van der Waals surface area contributed by atoms with Gasteiger partial charge in [-0.05, 0) is 31.7 Å². The second-order valence-electron chi connectivity index (χ2n) is 6.78. The number of nitrogens with two attached hydrogens (primary N) is 1. The van der Waals surface area contributed by atoms with Crippen LogP contribution in [0, 0.1) is 11.7 Å². The molecule has 5 nitrogen and oxygen atoms in total. The Labute approximate surface area is 141 Å². The van der Waals surface area contributed by atoms with Crippen LogP contribution >= 0.6 is 0 Å². The summed E-state index contributed by atoms with van der Waals surface area (Å²) in [6.07, 6.45) is 3.40. The first kappa shape index (κ1) is 16.9. The van der Waals surface area contributed by atoms with Gasteiger partial charge < -0.3 is 10.6 Å². The molecule has 1 aliphatic heterocycles. The molecule has 0 unspecified atom stereocenters. The van der Waals surface area contributed by atoms with Gasteiger partial charge in [-0.1, -0.05) is 18.2 Å². The van der Waals surface area contributed by atoms with Crippen molar-refractivity contribution in [3.05, 3.63) is 35.6 Å². The summed E-state index contributed by atoms with van der Waals surface area (Å²) in [4.78, 5) is 27.7. The fraction of sp³-hybridized carbons (Fsp3) is 0.556. The molecule has 1 heterocycles. The smallest absolute Gasteiger partial charge is 0.236 e. The van der Waals surface area contributed by atoms with E-state index in [1.165, 1.54) is 6.07 Å². The van der Waals surface area contributed by atoms with E-state index in [1.807, 2.05) is 6.07 Å². The third-order valence-corrected chi connectivity index (χ3v) is 4.98. The minimum absolute atomic E-state index is 0.0566. The van der Waals surface area contributed by atoms with E-state index >= 15 is 0 Å². The Morgan fingerprint density at radius 3 is 2.42 bits per heavy atom. The van der Waals surface area contributed by atoms with Crippen LogP contribution in [0.3, 0.4) is 0 Å². The highest BCUT2D eigenvalue weighted by Crippen LogP contribution is 2.29. The highest BCUT2D eigenvalue weighted by Gasteiger charge is 2.33. The van der Waals surface area contributed by atoms with Crippen LogP contribution in [-0.4, -0.2) is 47.3 Å². The van der Waals surface area contributed by atoms with Crippen LogP contribution in [0.4, 0.5) is 4.39 Å². The van der Waals surface area contributed by atoms with Crippen molar-refractivity contribution in [3.8, 4) is 0 Å². The van der Waals surface area contributed by atoms with Crippen molar-refractivity contribution in [1.29, 1.82) is 0 Å². The number of likely N-dealkylation sites (tertiary alicyclic amines) is 1. The number of rotatable bonds is 6. The first-order valence-corrected chi connectivity index (χ1v) is 8.59. The summed E-state index contributed by atoms with van der Waals surface area (Å²) in [6.45, 7) is 1.91. The van der Waals surface area contributed by atoms with E-state index in [0.717, 1.165) is 12.8 Å². The van der Waals surface area contributed by atoms with Gasteiger partial charge in [0.1, 0.15) is 5.82 Å². The maximum absolute atomic E-state index is 13.9. The van der Waals surface area contributed by atoms with Crippen LogP contribution in [0.2, 0.25) is 0 Å². The molecule has 0 bridgehead atoms. The highest BCUT2D eigenvalue weighted by atomic mass is 19.1. The molecule has 1 aromatic rings. The summed E-state index contributed by atoms with van der Waals surface area (Å²) in [5.74, 6) is -0.563. The van der Waals surface area contributed by atoms with E-state index in [2.05, 4.69) is 4.90 Å². The number of nitrogens with zero attached hydrogens (tertiary/aromatic N) is 2. The van der Waals surface area contributed by atoms with Crippen LogP contribution in [0.1, 0.15) is 31.2 Å². The lowest BCUT2D eigenvalue weighted by Gasteiger charge is -2.32. The minimum atomic E-state index is -0.277. The molecular weight excluding hydrogens is 309 g/mol. The summed E-state index contributed by atoms with van der Waals surface area (Å²) in [6, 6.07) is 7.09. The lowest BCUT2D eigenvalue weighted by molar-refractivity contribution is -0.136. The Bertz CT molecular complexity index is 610. The van der Waals surface area contributed by atoms with Gasteiger partial charge in [-0.2, -0.15) is 0 Å². The average molecular weight is 333 g/mol. The zero-order chi connectivity index (χ0) is 17.1. The first-order valence-electron chi connectivity index (χ1n) is 8.59. The monoisotopic (exact) mass is 333 g/mol. The topological polar surface area (TPSA) is 66.6 Å². The number of amides is 2. The van der Waals surface area contributed by atoms with Crippen molar-refractivity contribution in [2.75, 3.05) is 19.6 Å². The van der Waals surface area contributed by atoms with Crippen LogP contribution in [0.5, 0.6) is 0 Å². The molecule has 6 heteroatoms. The van der Waals surface area contributed by atoms with Crippen molar-refractivity contribution in [3.63, 3.8) is 0 Å². The third kappa shape index (κ3) is 4.12. The number of halogens is 1. The largest absolute Gasteiger partial charge is 0.369 e. The van der Waals surface area contributed by atoms with Gasteiger partial charge in [-0.3, -0.25) is 14.5 Å². The van der Waals surface area contributed by atoms with E-state index in [1.54, 1.807) is 17.0 Å². The predicted octanol–water partition coefficient (Wildman–Crippen LogP) is 1.51. The number of carbonyl (C=O) groups is 2. The molecule has 1 aromatic carbocycles. The predicted molar refractivity (Wildman–Crippen MR) is 88.3 cm³/mol. The second-order valence-corrected chi connectivity index (χ2v) is 6.78.